The molecular formula is C19H22N6O2. The van der Waals surface area contributed by atoms with E-state index in [0.29, 0.717) is 30.9 Å². The van der Waals surface area contributed by atoms with Crippen molar-refractivity contribution in [2.45, 2.75) is 39.0 Å². The molecule has 0 saturated carbocycles. The maximum Gasteiger partial charge on any atom is 0.276 e. The Balaban J connectivity index is 1.63. The molecule has 1 amide bonds. The molecule has 3 aromatic heterocycles. The van der Waals surface area contributed by atoms with Gasteiger partial charge >= 0.3 is 0 Å². The van der Waals surface area contributed by atoms with Gasteiger partial charge in [-0.15, -0.1) is 0 Å². The van der Waals surface area contributed by atoms with Gasteiger partial charge in [0.15, 0.2) is 5.65 Å². The Morgan fingerprint density at radius 2 is 2.22 bits per heavy atom. The van der Waals surface area contributed by atoms with E-state index in [1.165, 1.54) is 16.9 Å². The highest BCUT2D eigenvalue weighted by atomic mass is 16.2. The standard InChI is InChI=1S/C19H22N6O2/c1-3-14-12(2)22-17-9-15(23-25(17)18(14)26)13-5-4-8-24(11-13)19(27)16-10-20-6-7-21-16/h6-7,9-10,13,23H,3-5,8,11H2,1-2H3. The van der Waals surface area contributed by atoms with E-state index in [2.05, 4.69) is 20.1 Å². The molecule has 1 atom stereocenters. The average molecular weight is 366 g/mol. The number of carbonyl (C=O) groups excluding carboxylic acids is 1. The first-order valence-electron chi connectivity index (χ1n) is 9.25. The van der Waals surface area contributed by atoms with Crippen molar-refractivity contribution in [2.75, 3.05) is 13.1 Å². The van der Waals surface area contributed by atoms with Crippen molar-refractivity contribution < 1.29 is 4.79 Å². The van der Waals surface area contributed by atoms with Gasteiger partial charge in [-0.05, 0) is 26.2 Å². The number of hydrogen-bond donors (Lipinski definition) is 1. The van der Waals surface area contributed by atoms with E-state index < -0.39 is 0 Å². The van der Waals surface area contributed by atoms with Crippen LogP contribution in [0.5, 0.6) is 0 Å². The van der Waals surface area contributed by atoms with E-state index in [1.54, 1.807) is 6.20 Å². The van der Waals surface area contributed by atoms with Crippen LogP contribution in [0.4, 0.5) is 0 Å². The van der Waals surface area contributed by atoms with Crippen molar-refractivity contribution >= 4 is 11.6 Å². The number of hydrogen-bond acceptors (Lipinski definition) is 5. The van der Waals surface area contributed by atoms with Crippen molar-refractivity contribution in [3.63, 3.8) is 0 Å². The zero-order valence-electron chi connectivity index (χ0n) is 15.5. The fourth-order valence-electron chi connectivity index (χ4n) is 3.79. The highest BCUT2D eigenvalue weighted by molar-refractivity contribution is 5.92. The largest absolute Gasteiger partial charge is 0.337 e. The van der Waals surface area contributed by atoms with Crippen molar-refractivity contribution in [3.8, 4) is 0 Å². The van der Waals surface area contributed by atoms with Crippen LogP contribution in [0.15, 0.2) is 29.5 Å². The first-order chi connectivity index (χ1) is 13.1. The minimum Gasteiger partial charge on any atom is -0.337 e. The minimum absolute atomic E-state index is 0.0467. The molecule has 0 bridgehead atoms. The van der Waals surface area contributed by atoms with Crippen LogP contribution in [-0.4, -0.2) is 48.5 Å². The zero-order valence-corrected chi connectivity index (χ0v) is 15.5. The number of fused-ring (bicyclic) bond motifs is 1. The van der Waals surface area contributed by atoms with Crippen LogP contribution in [0.2, 0.25) is 0 Å². The molecule has 1 aliphatic rings. The van der Waals surface area contributed by atoms with Gasteiger partial charge in [-0.3, -0.25) is 19.7 Å². The number of nitrogens with one attached hydrogen (secondary N) is 1. The van der Waals surface area contributed by atoms with Crippen LogP contribution >= 0.6 is 0 Å². The Morgan fingerprint density at radius 3 is 2.96 bits per heavy atom. The second-order valence-electron chi connectivity index (χ2n) is 6.92. The summed E-state index contributed by atoms with van der Waals surface area (Å²) in [4.78, 5) is 39.8. The van der Waals surface area contributed by atoms with Gasteiger partial charge < -0.3 is 4.90 Å². The summed E-state index contributed by atoms with van der Waals surface area (Å²) in [7, 11) is 0. The number of aromatic amines is 1. The number of aromatic nitrogens is 5. The van der Waals surface area contributed by atoms with E-state index in [9.17, 15) is 9.59 Å². The summed E-state index contributed by atoms with van der Waals surface area (Å²) >= 11 is 0. The Morgan fingerprint density at radius 1 is 1.37 bits per heavy atom. The highest BCUT2D eigenvalue weighted by Gasteiger charge is 2.27. The van der Waals surface area contributed by atoms with Crippen molar-refractivity contribution in [2.24, 2.45) is 0 Å². The Hall–Kier alpha value is -3.03. The molecule has 140 valence electrons. The van der Waals surface area contributed by atoms with Gasteiger partial charge in [0.05, 0.1) is 6.20 Å². The quantitative estimate of drug-likeness (QED) is 0.761. The van der Waals surface area contributed by atoms with Gasteiger partial charge in [0, 0.05) is 54.4 Å². The van der Waals surface area contributed by atoms with Gasteiger partial charge in [-0.2, -0.15) is 0 Å². The van der Waals surface area contributed by atoms with Gasteiger partial charge in [-0.1, -0.05) is 6.92 Å². The molecule has 8 heteroatoms. The molecule has 4 rings (SSSR count). The summed E-state index contributed by atoms with van der Waals surface area (Å²) < 4.78 is 1.52. The number of rotatable bonds is 3. The number of nitrogens with zero attached hydrogens (tertiary/aromatic N) is 5. The molecule has 27 heavy (non-hydrogen) atoms. The molecule has 3 aromatic rings. The fraction of sp³-hybridized carbons (Fsp3) is 0.421. The van der Waals surface area contributed by atoms with Crippen molar-refractivity contribution in [1.82, 2.24) is 29.5 Å². The van der Waals surface area contributed by atoms with E-state index in [4.69, 9.17) is 0 Å². The number of H-pyrrole nitrogens is 1. The molecule has 0 spiro atoms. The van der Waals surface area contributed by atoms with Gasteiger partial charge in [0.25, 0.3) is 11.5 Å². The minimum atomic E-state index is -0.108. The van der Waals surface area contributed by atoms with Crippen molar-refractivity contribution in [1.29, 1.82) is 0 Å². The number of piperidine rings is 1. The smallest absolute Gasteiger partial charge is 0.276 e. The normalized spacial score (nSPS) is 17.4. The SMILES string of the molecule is CCc1c(C)nc2cc(C3CCCN(C(=O)c4cnccn4)C3)[nH]n2c1=O. The maximum absolute atomic E-state index is 12.7. The third-order valence-electron chi connectivity index (χ3n) is 5.22. The summed E-state index contributed by atoms with van der Waals surface area (Å²) in [5, 5.41) is 3.21. The van der Waals surface area contributed by atoms with Crippen LogP contribution in [0.25, 0.3) is 5.65 Å². The lowest BCUT2D eigenvalue weighted by Crippen LogP contribution is -2.39. The van der Waals surface area contributed by atoms with Gasteiger partial charge in [-0.25, -0.2) is 14.5 Å². The maximum atomic E-state index is 12.7. The van der Waals surface area contributed by atoms with Crippen LogP contribution in [0.1, 0.15) is 53.1 Å². The average Bonchev–Trinajstić information content (AvgIpc) is 3.13. The van der Waals surface area contributed by atoms with E-state index in [-0.39, 0.29) is 17.4 Å². The Kier molecular flexibility index (Phi) is 4.47. The van der Waals surface area contributed by atoms with Gasteiger partial charge in [0.2, 0.25) is 0 Å². The zero-order chi connectivity index (χ0) is 19.0. The van der Waals surface area contributed by atoms with Gasteiger partial charge in [0.1, 0.15) is 5.69 Å². The molecule has 0 radical (unpaired) electrons. The van der Waals surface area contributed by atoms with E-state index >= 15 is 0 Å². The number of amides is 1. The number of carbonyl (C=O) groups is 1. The second kappa shape index (κ2) is 6.94. The Bertz CT molecular complexity index is 1040. The summed E-state index contributed by atoms with van der Waals surface area (Å²) in [5.74, 6) is 0.0224. The van der Waals surface area contributed by atoms with Crippen LogP contribution < -0.4 is 5.56 Å². The summed E-state index contributed by atoms with van der Waals surface area (Å²) in [6.07, 6.45) is 7.07. The van der Waals surface area contributed by atoms with Crippen LogP contribution in [0.3, 0.4) is 0 Å². The molecule has 4 heterocycles. The topological polar surface area (TPSA) is 96.2 Å². The third kappa shape index (κ3) is 3.11. The predicted molar refractivity (Wildman–Crippen MR) is 99.8 cm³/mol. The number of aryl methyl sites for hydroxylation is 1. The molecule has 1 fully saturated rings. The molecule has 1 N–H and O–H groups in total. The lowest BCUT2D eigenvalue weighted by Gasteiger charge is -2.31. The van der Waals surface area contributed by atoms with Crippen molar-refractivity contribution in [3.05, 3.63) is 57.7 Å². The molecular weight excluding hydrogens is 344 g/mol. The fourth-order valence-corrected chi connectivity index (χ4v) is 3.79. The van der Waals surface area contributed by atoms with Crippen LogP contribution in [-0.2, 0) is 6.42 Å². The predicted octanol–water partition coefficient (Wildman–Crippen LogP) is 1.70. The third-order valence-corrected chi connectivity index (χ3v) is 5.22. The molecule has 8 nitrogen and oxygen atoms in total. The number of likely N-dealkylation sites (tertiary alicyclic amines) is 1. The summed E-state index contributed by atoms with van der Waals surface area (Å²) in [6.45, 7) is 5.10. The molecule has 0 aromatic carbocycles. The second-order valence-corrected chi connectivity index (χ2v) is 6.92. The first-order valence-corrected chi connectivity index (χ1v) is 9.25. The molecule has 1 saturated heterocycles. The molecule has 1 unspecified atom stereocenters. The first kappa shape index (κ1) is 17.4. The van der Waals surface area contributed by atoms with Crippen LogP contribution in [0, 0.1) is 6.92 Å². The van der Waals surface area contributed by atoms with E-state index in [1.807, 2.05) is 24.8 Å². The molecule has 0 aliphatic carbocycles. The summed E-state index contributed by atoms with van der Waals surface area (Å²) in [5.41, 5.74) is 3.37. The highest BCUT2D eigenvalue weighted by Crippen LogP contribution is 2.27. The molecule has 1 aliphatic heterocycles. The summed E-state index contributed by atoms with van der Waals surface area (Å²) in [6, 6.07) is 1.93. The lowest BCUT2D eigenvalue weighted by atomic mass is 9.94. The Labute approximate surface area is 156 Å². The van der Waals surface area contributed by atoms with E-state index in [0.717, 1.165) is 29.8 Å². The monoisotopic (exact) mass is 366 g/mol. The lowest BCUT2D eigenvalue weighted by molar-refractivity contribution is 0.0699.